The van der Waals surface area contributed by atoms with Gasteiger partial charge in [0.2, 0.25) is 5.91 Å². The summed E-state index contributed by atoms with van der Waals surface area (Å²) >= 11 is 0. The second kappa shape index (κ2) is 6.37. The summed E-state index contributed by atoms with van der Waals surface area (Å²) in [5, 5.41) is 3.17. The third-order valence-electron chi connectivity index (χ3n) is 5.70. The number of hydrogen-bond donors (Lipinski definition) is 2. The van der Waals surface area contributed by atoms with Crippen LogP contribution >= 0.6 is 0 Å². The summed E-state index contributed by atoms with van der Waals surface area (Å²) in [6, 6.07) is 4.11. The molecule has 0 aromatic carbocycles. The molecule has 3 rings (SSSR count). The van der Waals surface area contributed by atoms with Gasteiger partial charge in [-0.2, -0.15) is 0 Å². The molecule has 3 N–H and O–H groups in total. The van der Waals surface area contributed by atoms with Crippen LogP contribution in [0.4, 0.5) is 0 Å². The number of rotatable bonds is 5. The zero-order valence-electron chi connectivity index (χ0n) is 13.5. The van der Waals surface area contributed by atoms with Gasteiger partial charge in [-0.25, -0.2) is 0 Å². The van der Waals surface area contributed by atoms with Crippen LogP contribution in [0.25, 0.3) is 0 Å². The molecule has 0 saturated heterocycles. The lowest BCUT2D eigenvalue weighted by atomic mass is 9.84. The first kappa shape index (κ1) is 15.5. The number of nitrogens with one attached hydrogen (secondary N) is 1. The van der Waals surface area contributed by atoms with Crippen molar-refractivity contribution in [1.29, 1.82) is 0 Å². The normalized spacial score (nSPS) is 31.5. The molecule has 120 valence electrons. The molecule has 1 aromatic heterocycles. The Morgan fingerprint density at radius 3 is 2.77 bits per heavy atom. The summed E-state index contributed by atoms with van der Waals surface area (Å²) in [6.45, 7) is 5.04. The third-order valence-corrected chi connectivity index (χ3v) is 5.70. The molecule has 4 nitrogen and oxygen atoms in total. The minimum Gasteiger partial charge on any atom is -0.355 e. The van der Waals surface area contributed by atoms with Crippen LogP contribution in [-0.4, -0.2) is 23.5 Å². The highest BCUT2D eigenvalue weighted by molar-refractivity contribution is 5.80. The number of nitrogens with zero attached hydrogens (tertiary/aromatic N) is 1. The summed E-state index contributed by atoms with van der Waals surface area (Å²) in [6.07, 6.45) is 7.22. The summed E-state index contributed by atoms with van der Waals surface area (Å²) < 4.78 is 0. The zero-order valence-corrected chi connectivity index (χ0v) is 13.5. The Morgan fingerprint density at radius 1 is 1.41 bits per heavy atom. The molecule has 2 bridgehead atoms. The van der Waals surface area contributed by atoms with Crippen molar-refractivity contribution in [3.63, 3.8) is 0 Å². The van der Waals surface area contributed by atoms with Crippen molar-refractivity contribution in [2.45, 2.75) is 45.1 Å². The van der Waals surface area contributed by atoms with E-state index >= 15 is 0 Å². The number of pyridine rings is 1. The molecule has 2 aliphatic rings. The highest BCUT2D eigenvalue weighted by Gasteiger charge is 2.49. The number of hydrogen-bond acceptors (Lipinski definition) is 3. The molecule has 22 heavy (non-hydrogen) atoms. The molecule has 5 atom stereocenters. The van der Waals surface area contributed by atoms with Gasteiger partial charge >= 0.3 is 0 Å². The fraction of sp³-hybridized carbons (Fsp3) is 0.667. The van der Waals surface area contributed by atoms with Crippen molar-refractivity contribution in [3.8, 4) is 0 Å². The van der Waals surface area contributed by atoms with Crippen molar-refractivity contribution in [3.05, 3.63) is 30.1 Å². The van der Waals surface area contributed by atoms with Crippen molar-refractivity contribution in [1.82, 2.24) is 10.3 Å². The molecule has 2 aliphatic carbocycles. The van der Waals surface area contributed by atoms with Crippen LogP contribution in [0, 0.1) is 23.7 Å². The van der Waals surface area contributed by atoms with Crippen molar-refractivity contribution in [2.75, 3.05) is 6.54 Å². The van der Waals surface area contributed by atoms with Crippen LogP contribution < -0.4 is 11.1 Å². The predicted octanol–water partition coefficient (Wildman–Crippen LogP) is 2.31. The predicted molar refractivity (Wildman–Crippen MR) is 87.1 cm³/mol. The fourth-order valence-corrected chi connectivity index (χ4v) is 4.39. The maximum Gasteiger partial charge on any atom is 0.224 e. The topological polar surface area (TPSA) is 68.0 Å². The van der Waals surface area contributed by atoms with Crippen LogP contribution in [0.2, 0.25) is 0 Å². The Hall–Kier alpha value is -1.42. The van der Waals surface area contributed by atoms with E-state index in [4.69, 9.17) is 5.73 Å². The number of carbonyl (C=O) groups excluding carboxylic acids is 1. The van der Waals surface area contributed by atoms with Gasteiger partial charge in [0, 0.05) is 30.9 Å². The second-order valence-electron chi connectivity index (χ2n) is 7.32. The molecule has 1 heterocycles. The average Bonchev–Trinajstić information content (AvgIpc) is 3.09. The minimum atomic E-state index is 0.0282. The molecule has 0 spiro atoms. The Bertz CT molecular complexity index is 514. The standard InChI is InChI=1S/C18H27N3O/c1-11(2)15(14-4-3-7-20-9-14)10-21-18(22)16-12-5-6-13(8-12)17(16)19/h3-4,7,9,11-13,15-17H,5-6,8,10,19H2,1-2H3,(H,21,22). The molecule has 0 radical (unpaired) electrons. The number of aromatic nitrogens is 1. The summed E-state index contributed by atoms with van der Waals surface area (Å²) in [7, 11) is 0. The molecule has 1 aromatic rings. The summed E-state index contributed by atoms with van der Waals surface area (Å²) in [4.78, 5) is 16.8. The fourth-order valence-electron chi connectivity index (χ4n) is 4.39. The SMILES string of the molecule is CC(C)C(CNC(=O)C1C2CCC(C2)C1N)c1cccnc1. The van der Waals surface area contributed by atoms with Gasteiger partial charge in [0.15, 0.2) is 0 Å². The van der Waals surface area contributed by atoms with E-state index in [1.54, 1.807) is 6.20 Å². The lowest BCUT2D eigenvalue weighted by molar-refractivity contribution is -0.127. The molecular weight excluding hydrogens is 274 g/mol. The van der Waals surface area contributed by atoms with Crippen LogP contribution in [0.5, 0.6) is 0 Å². The Morgan fingerprint density at radius 2 is 2.18 bits per heavy atom. The van der Waals surface area contributed by atoms with Crippen molar-refractivity contribution < 1.29 is 4.79 Å². The van der Waals surface area contributed by atoms with Crippen LogP contribution in [0.1, 0.15) is 44.6 Å². The third kappa shape index (κ3) is 2.89. The zero-order chi connectivity index (χ0) is 15.7. The van der Waals surface area contributed by atoms with Crippen LogP contribution in [0.3, 0.4) is 0 Å². The maximum atomic E-state index is 12.6. The average molecular weight is 301 g/mol. The van der Waals surface area contributed by atoms with E-state index in [1.807, 2.05) is 12.3 Å². The molecule has 4 heteroatoms. The second-order valence-corrected chi connectivity index (χ2v) is 7.32. The Balaban J connectivity index is 1.62. The van der Waals surface area contributed by atoms with Gasteiger partial charge in [0.05, 0.1) is 5.92 Å². The summed E-state index contributed by atoms with van der Waals surface area (Å²) in [5.74, 6) is 2.02. The van der Waals surface area contributed by atoms with E-state index in [0.29, 0.717) is 30.2 Å². The smallest absolute Gasteiger partial charge is 0.224 e. The number of nitrogens with two attached hydrogens (primary N) is 1. The van der Waals surface area contributed by atoms with E-state index in [2.05, 4.69) is 30.2 Å². The van der Waals surface area contributed by atoms with Gasteiger partial charge < -0.3 is 11.1 Å². The first-order chi connectivity index (χ1) is 10.6. The summed E-state index contributed by atoms with van der Waals surface area (Å²) in [5.41, 5.74) is 7.46. The molecular formula is C18H27N3O. The maximum absolute atomic E-state index is 12.6. The Kier molecular flexibility index (Phi) is 4.48. The van der Waals surface area contributed by atoms with Crippen LogP contribution in [0.15, 0.2) is 24.5 Å². The van der Waals surface area contributed by atoms with E-state index in [9.17, 15) is 4.79 Å². The van der Waals surface area contributed by atoms with Gasteiger partial charge in [-0.3, -0.25) is 9.78 Å². The van der Waals surface area contributed by atoms with Gasteiger partial charge in [0.1, 0.15) is 0 Å². The molecule has 2 fully saturated rings. The van der Waals surface area contributed by atoms with Gasteiger partial charge in [-0.1, -0.05) is 19.9 Å². The molecule has 2 saturated carbocycles. The highest BCUT2D eigenvalue weighted by Crippen LogP contribution is 2.47. The van der Waals surface area contributed by atoms with Gasteiger partial charge in [0.25, 0.3) is 0 Å². The van der Waals surface area contributed by atoms with Crippen molar-refractivity contribution >= 4 is 5.91 Å². The van der Waals surface area contributed by atoms with Gasteiger partial charge in [-0.15, -0.1) is 0 Å². The van der Waals surface area contributed by atoms with Gasteiger partial charge in [-0.05, 0) is 48.6 Å². The Labute approximate surface area is 132 Å². The first-order valence-electron chi connectivity index (χ1n) is 8.51. The largest absolute Gasteiger partial charge is 0.355 e. The van der Waals surface area contributed by atoms with Crippen LogP contribution in [-0.2, 0) is 4.79 Å². The van der Waals surface area contributed by atoms with E-state index < -0.39 is 0 Å². The van der Waals surface area contributed by atoms with E-state index in [0.717, 1.165) is 6.42 Å². The quantitative estimate of drug-likeness (QED) is 0.877. The lowest BCUT2D eigenvalue weighted by Crippen LogP contribution is -2.46. The van der Waals surface area contributed by atoms with Crippen molar-refractivity contribution in [2.24, 2.45) is 29.4 Å². The molecule has 5 unspecified atom stereocenters. The number of carbonyl (C=O) groups is 1. The number of amides is 1. The lowest BCUT2D eigenvalue weighted by Gasteiger charge is -2.28. The van der Waals surface area contributed by atoms with E-state index in [-0.39, 0.29) is 17.9 Å². The monoisotopic (exact) mass is 301 g/mol. The molecule has 1 amide bonds. The number of fused-ring (bicyclic) bond motifs is 2. The first-order valence-corrected chi connectivity index (χ1v) is 8.51. The molecule has 0 aliphatic heterocycles. The minimum absolute atomic E-state index is 0.0282. The van der Waals surface area contributed by atoms with E-state index in [1.165, 1.54) is 18.4 Å². The highest BCUT2D eigenvalue weighted by atomic mass is 16.1.